The molecule has 2 amide bonds. The van der Waals surface area contributed by atoms with Crippen LogP contribution in [0.3, 0.4) is 0 Å². The molecule has 0 radical (unpaired) electrons. The summed E-state index contributed by atoms with van der Waals surface area (Å²) in [6.07, 6.45) is 0. The molecule has 0 spiro atoms. The molecule has 1 N–H and O–H groups in total. The van der Waals surface area contributed by atoms with E-state index in [4.69, 9.17) is 4.18 Å². The third kappa shape index (κ3) is 6.55. The fourth-order valence-corrected chi connectivity index (χ4v) is 3.26. The molecule has 0 aromatic heterocycles. The molecular weight excluding hydrogens is 432 g/mol. The molecule has 2 rings (SSSR count). The van der Waals surface area contributed by atoms with Gasteiger partial charge >= 0.3 is 16.1 Å². The number of rotatable bonds is 7. The van der Waals surface area contributed by atoms with Crippen molar-refractivity contribution in [1.29, 1.82) is 0 Å². The standard InChI is InChI=1S/C19H23BrN2O4S/c1-4-27(24,25)26-18-10-5-7-15(11-18)13-22(14(2)3)19(23)21-17-9-6-8-16(20)12-17/h5-12,14H,4,13H2,1-3H3,(H,21,23). The number of hydrogen-bond acceptors (Lipinski definition) is 4. The molecule has 8 heteroatoms. The zero-order valence-corrected chi connectivity index (χ0v) is 17.9. The van der Waals surface area contributed by atoms with Crippen LogP contribution in [0.15, 0.2) is 53.0 Å². The first kappa shape index (κ1) is 21.2. The lowest BCUT2D eigenvalue weighted by molar-refractivity contribution is 0.193. The average Bonchev–Trinajstić information content (AvgIpc) is 2.59. The first-order chi connectivity index (χ1) is 12.7. The number of hydrogen-bond donors (Lipinski definition) is 1. The van der Waals surface area contributed by atoms with Crippen LogP contribution in [0.5, 0.6) is 5.75 Å². The summed E-state index contributed by atoms with van der Waals surface area (Å²) < 4.78 is 29.2. The molecule has 0 saturated heterocycles. The summed E-state index contributed by atoms with van der Waals surface area (Å²) >= 11 is 3.38. The van der Waals surface area contributed by atoms with Gasteiger partial charge in [0.05, 0.1) is 5.75 Å². The van der Waals surface area contributed by atoms with E-state index in [9.17, 15) is 13.2 Å². The molecule has 0 fully saturated rings. The van der Waals surface area contributed by atoms with E-state index >= 15 is 0 Å². The van der Waals surface area contributed by atoms with Gasteiger partial charge in [0.1, 0.15) is 5.75 Å². The van der Waals surface area contributed by atoms with Crippen LogP contribution in [0.25, 0.3) is 0 Å². The monoisotopic (exact) mass is 454 g/mol. The van der Waals surface area contributed by atoms with E-state index in [1.165, 1.54) is 6.92 Å². The van der Waals surface area contributed by atoms with Crippen LogP contribution in [0.4, 0.5) is 10.5 Å². The largest absolute Gasteiger partial charge is 0.382 e. The summed E-state index contributed by atoms with van der Waals surface area (Å²) in [5, 5.41) is 2.88. The molecule has 0 heterocycles. The first-order valence-corrected chi connectivity index (χ1v) is 10.9. The number of halogens is 1. The van der Waals surface area contributed by atoms with Crippen LogP contribution in [-0.4, -0.2) is 31.1 Å². The number of anilines is 1. The second-order valence-corrected chi connectivity index (χ2v) is 9.01. The quantitative estimate of drug-likeness (QED) is 0.619. The smallest absolute Gasteiger partial charge is 0.322 e. The summed E-state index contributed by atoms with van der Waals surface area (Å²) in [5.41, 5.74) is 1.46. The second-order valence-electron chi connectivity index (χ2n) is 6.24. The van der Waals surface area contributed by atoms with Crippen LogP contribution in [-0.2, 0) is 16.7 Å². The fraction of sp³-hybridized carbons (Fsp3) is 0.316. The van der Waals surface area contributed by atoms with Crippen molar-refractivity contribution in [1.82, 2.24) is 4.90 Å². The van der Waals surface area contributed by atoms with Gasteiger partial charge in [0.2, 0.25) is 0 Å². The first-order valence-electron chi connectivity index (χ1n) is 8.54. The van der Waals surface area contributed by atoms with Crippen LogP contribution in [0.2, 0.25) is 0 Å². The Morgan fingerprint density at radius 3 is 2.52 bits per heavy atom. The van der Waals surface area contributed by atoms with Crippen molar-refractivity contribution in [3.63, 3.8) is 0 Å². The van der Waals surface area contributed by atoms with Gasteiger partial charge in [-0.15, -0.1) is 0 Å². The highest BCUT2D eigenvalue weighted by molar-refractivity contribution is 9.10. The van der Waals surface area contributed by atoms with E-state index < -0.39 is 10.1 Å². The lowest BCUT2D eigenvalue weighted by Gasteiger charge is -2.27. The van der Waals surface area contributed by atoms with E-state index in [0.29, 0.717) is 12.2 Å². The molecule has 0 aliphatic heterocycles. The maximum absolute atomic E-state index is 12.7. The summed E-state index contributed by atoms with van der Waals surface area (Å²) in [7, 11) is -3.59. The topological polar surface area (TPSA) is 75.7 Å². The molecule has 0 unspecified atom stereocenters. The molecule has 27 heavy (non-hydrogen) atoms. The van der Waals surface area contributed by atoms with Crippen molar-refractivity contribution in [2.24, 2.45) is 0 Å². The fourth-order valence-electron chi connectivity index (χ4n) is 2.35. The highest BCUT2D eigenvalue weighted by Gasteiger charge is 2.18. The zero-order valence-electron chi connectivity index (χ0n) is 15.5. The number of benzene rings is 2. The molecule has 0 aliphatic carbocycles. The van der Waals surface area contributed by atoms with Gasteiger partial charge in [-0.1, -0.05) is 34.1 Å². The highest BCUT2D eigenvalue weighted by Crippen LogP contribution is 2.20. The van der Waals surface area contributed by atoms with Crippen molar-refractivity contribution in [2.45, 2.75) is 33.4 Å². The van der Waals surface area contributed by atoms with Crippen LogP contribution in [0, 0.1) is 0 Å². The average molecular weight is 455 g/mol. The summed E-state index contributed by atoms with van der Waals surface area (Å²) in [5.74, 6) is 0.134. The minimum absolute atomic E-state index is 0.0545. The zero-order chi connectivity index (χ0) is 20.0. The summed E-state index contributed by atoms with van der Waals surface area (Å²) in [6.45, 7) is 5.68. The summed E-state index contributed by atoms with van der Waals surface area (Å²) in [6, 6.07) is 13.8. The minimum Gasteiger partial charge on any atom is -0.382 e. The predicted molar refractivity (Wildman–Crippen MR) is 110 cm³/mol. The number of carbonyl (C=O) groups is 1. The van der Waals surface area contributed by atoms with Crippen molar-refractivity contribution < 1.29 is 17.4 Å². The Hall–Kier alpha value is -2.06. The van der Waals surface area contributed by atoms with Gasteiger partial charge in [0, 0.05) is 22.7 Å². The van der Waals surface area contributed by atoms with Crippen LogP contribution < -0.4 is 9.50 Å². The molecule has 146 valence electrons. The van der Waals surface area contributed by atoms with Gasteiger partial charge in [-0.2, -0.15) is 8.42 Å². The van der Waals surface area contributed by atoms with Gasteiger partial charge < -0.3 is 14.4 Å². The predicted octanol–water partition coefficient (Wildman–Crippen LogP) is 4.62. The Labute approximate surface area is 168 Å². The number of amides is 2. The van der Waals surface area contributed by atoms with E-state index in [0.717, 1.165) is 10.0 Å². The Morgan fingerprint density at radius 1 is 1.19 bits per heavy atom. The van der Waals surface area contributed by atoms with E-state index in [-0.39, 0.29) is 23.6 Å². The Bertz CT molecular complexity index is 900. The SMILES string of the molecule is CCS(=O)(=O)Oc1cccc(CN(C(=O)Nc2cccc(Br)c2)C(C)C)c1. The van der Waals surface area contributed by atoms with Crippen molar-refractivity contribution >= 4 is 37.8 Å². The van der Waals surface area contributed by atoms with Crippen molar-refractivity contribution in [3.8, 4) is 5.75 Å². The maximum Gasteiger partial charge on any atom is 0.322 e. The molecule has 2 aromatic rings. The minimum atomic E-state index is -3.59. The molecule has 0 bridgehead atoms. The second kappa shape index (κ2) is 9.23. The van der Waals surface area contributed by atoms with Gasteiger partial charge in [-0.25, -0.2) is 4.79 Å². The van der Waals surface area contributed by atoms with E-state index in [1.54, 1.807) is 23.1 Å². The third-order valence-electron chi connectivity index (χ3n) is 3.79. The van der Waals surface area contributed by atoms with E-state index in [1.807, 2.05) is 44.2 Å². The van der Waals surface area contributed by atoms with Gasteiger partial charge in [0.15, 0.2) is 0 Å². The molecule has 0 atom stereocenters. The lowest BCUT2D eigenvalue weighted by Crippen LogP contribution is -2.39. The molecule has 6 nitrogen and oxygen atoms in total. The highest BCUT2D eigenvalue weighted by atomic mass is 79.9. The normalized spacial score (nSPS) is 11.3. The van der Waals surface area contributed by atoms with E-state index in [2.05, 4.69) is 21.2 Å². The number of carbonyl (C=O) groups excluding carboxylic acids is 1. The third-order valence-corrected chi connectivity index (χ3v) is 5.43. The Kier molecular flexibility index (Phi) is 7.26. The van der Waals surface area contributed by atoms with Gasteiger partial charge in [-0.05, 0) is 56.7 Å². The lowest BCUT2D eigenvalue weighted by atomic mass is 10.2. The Morgan fingerprint density at radius 2 is 1.89 bits per heavy atom. The van der Waals surface area contributed by atoms with Gasteiger partial charge in [0.25, 0.3) is 0 Å². The van der Waals surface area contributed by atoms with Crippen molar-refractivity contribution in [2.75, 3.05) is 11.1 Å². The molecule has 0 saturated carbocycles. The number of nitrogens with one attached hydrogen (secondary N) is 1. The maximum atomic E-state index is 12.7. The van der Waals surface area contributed by atoms with Crippen molar-refractivity contribution in [3.05, 3.63) is 58.6 Å². The number of nitrogens with zero attached hydrogens (tertiary/aromatic N) is 1. The number of urea groups is 1. The Balaban J connectivity index is 2.15. The molecule has 0 aliphatic rings. The van der Waals surface area contributed by atoms with Crippen LogP contribution in [0.1, 0.15) is 26.3 Å². The summed E-state index contributed by atoms with van der Waals surface area (Å²) in [4.78, 5) is 14.4. The molecule has 2 aromatic carbocycles. The van der Waals surface area contributed by atoms with Gasteiger partial charge in [-0.3, -0.25) is 0 Å². The molecular formula is C19H23BrN2O4S. The van der Waals surface area contributed by atoms with Crippen LogP contribution >= 0.6 is 15.9 Å².